The van der Waals surface area contributed by atoms with Gasteiger partial charge in [0.15, 0.2) is 0 Å². The first-order valence-corrected chi connectivity index (χ1v) is 4.13. The van der Waals surface area contributed by atoms with E-state index in [9.17, 15) is 22.4 Å². The Bertz CT molecular complexity index is 403. The summed E-state index contributed by atoms with van der Waals surface area (Å²) in [6.07, 6.45) is -4.97. The van der Waals surface area contributed by atoms with Gasteiger partial charge in [-0.3, -0.25) is 4.79 Å². The van der Waals surface area contributed by atoms with Crippen LogP contribution in [0.25, 0.3) is 0 Å². The zero-order valence-electron chi connectivity index (χ0n) is 8.14. The Kier molecular flexibility index (Phi) is 3.46. The van der Waals surface area contributed by atoms with Crippen molar-refractivity contribution >= 4 is 5.97 Å². The normalized spacial score (nSPS) is 11.3. The highest BCUT2D eigenvalue weighted by atomic mass is 19.4. The lowest BCUT2D eigenvalue weighted by Gasteiger charge is -2.11. The van der Waals surface area contributed by atoms with Crippen LogP contribution in [-0.4, -0.2) is 18.1 Å². The van der Waals surface area contributed by atoms with Crippen molar-refractivity contribution in [1.82, 2.24) is 4.98 Å². The summed E-state index contributed by atoms with van der Waals surface area (Å²) in [4.78, 5) is 13.7. The van der Waals surface area contributed by atoms with Gasteiger partial charge < -0.3 is 4.74 Å². The van der Waals surface area contributed by atoms with E-state index in [4.69, 9.17) is 0 Å². The minimum atomic E-state index is -4.68. The van der Waals surface area contributed by atoms with Gasteiger partial charge in [0.25, 0.3) is 0 Å². The van der Waals surface area contributed by atoms with Gasteiger partial charge in [-0.05, 0) is 11.6 Å². The average molecular weight is 237 g/mol. The lowest BCUT2D eigenvalue weighted by atomic mass is 10.1. The Hall–Kier alpha value is -1.66. The number of carbonyl (C=O) groups is 1. The van der Waals surface area contributed by atoms with Crippen molar-refractivity contribution in [3.05, 3.63) is 29.3 Å². The molecule has 0 fully saturated rings. The van der Waals surface area contributed by atoms with E-state index in [0.29, 0.717) is 12.3 Å². The largest absolute Gasteiger partial charge is 0.469 e. The zero-order chi connectivity index (χ0) is 12.3. The van der Waals surface area contributed by atoms with E-state index in [1.807, 2.05) is 0 Å². The van der Waals surface area contributed by atoms with Crippen LogP contribution in [0.1, 0.15) is 11.1 Å². The molecule has 0 unspecified atom stereocenters. The maximum Gasteiger partial charge on any atom is 0.418 e. The average Bonchev–Trinajstić information content (AvgIpc) is 2.15. The molecule has 0 saturated carbocycles. The van der Waals surface area contributed by atoms with E-state index in [2.05, 4.69) is 9.72 Å². The number of rotatable bonds is 2. The smallest absolute Gasteiger partial charge is 0.418 e. The van der Waals surface area contributed by atoms with Crippen LogP contribution in [0.2, 0.25) is 0 Å². The van der Waals surface area contributed by atoms with Crippen molar-refractivity contribution in [3.8, 4) is 0 Å². The molecule has 3 nitrogen and oxygen atoms in total. The topological polar surface area (TPSA) is 39.2 Å². The zero-order valence-corrected chi connectivity index (χ0v) is 8.14. The molecule has 0 aliphatic heterocycles. The number of methoxy groups -OCH3 is 1. The first kappa shape index (κ1) is 12.4. The second-order valence-electron chi connectivity index (χ2n) is 2.91. The molecule has 1 aromatic rings. The van der Waals surface area contributed by atoms with Crippen molar-refractivity contribution in [3.63, 3.8) is 0 Å². The number of aromatic nitrogens is 1. The molecule has 0 aromatic carbocycles. The van der Waals surface area contributed by atoms with Crippen LogP contribution in [0, 0.1) is 5.95 Å². The van der Waals surface area contributed by atoms with Gasteiger partial charge >= 0.3 is 12.1 Å². The molecule has 1 aromatic heterocycles. The fourth-order valence-electron chi connectivity index (χ4n) is 1.10. The lowest BCUT2D eigenvalue weighted by molar-refractivity contribution is -0.141. The highest BCUT2D eigenvalue weighted by Crippen LogP contribution is 2.31. The number of esters is 1. The van der Waals surface area contributed by atoms with E-state index in [0.717, 1.165) is 7.11 Å². The van der Waals surface area contributed by atoms with Crippen LogP contribution >= 0.6 is 0 Å². The lowest BCUT2D eigenvalue weighted by Crippen LogP contribution is -2.14. The fourth-order valence-corrected chi connectivity index (χ4v) is 1.10. The van der Waals surface area contributed by atoms with Gasteiger partial charge in [-0.2, -0.15) is 17.6 Å². The number of ether oxygens (including phenoxy) is 1. The van der Waals surface area contributed by atoms with Crippen molar-refractivity contribution in [2.75, 3.05) is 7.11 Å². The predicted molar refractivity (Wildman–Crippen MR) is 44.9 cm³/mol. The first-order valence-electron chi connectivity index (χ1n) is 4.13. The van der Waals surface area contributed by atoms with E-state index in [1.54, 1.807) is 0 Å². The highest BCUT2D eigenvalue weighted by molar-refractivity contribution is 5.72. The quantitative estimate of drug-likeness (QED) is 0.448. The molecule has 1 heterocycles. The maximum atomic E-state index is 12.7. The third-order valence-electron chi connectivity index (χ3n) is 1.82. The number of hydrogen-bond donors (Lipinski definition) is 0. The summed E-state index contributed by atoms with van der Waals surface area (Å²) < 4.78 is 54.1. The van der Waals surface area contributed by atoms with Crippen molar-refractivity contribution < 1.29 is 27.1 Å². The second kappa shape index (κ2) is 4.46. The number of halogens is 4. The maximum absolute atomic E-state index is 12.7. The molecule has 1 rings (SSSR count). The van der Waals surface area contributed by atoms with E-state index in [1.165, 1.54) is 0 Å². The minimum Gasteiger partial charge on any atom is -0.469 e. The van der Waals surface area contributed by atoms with Gasteiger partial charge in [-0.25, -0.2) is 4.98 Å². The third kappa shape index (κ3) is 2.91. The van der Waals surface area contributed by atoms with Gasteiger partial charge in [0.1, 0.15) is 0 Å². The second-order valence-corrected chi connectivity index (χ2v) is 2.91. The number of pyridine rings is 1. The van der Waals surface area contributed by atoms with Crippen molar-refractivity contribution in [2.45, 2.75) is 12.6 Å². The Labute approximate surface area is 88.0 Å². The van der Waals surface area contributed by atoms with Gasteiger partial charge in [-0.1, -0.05) is 0 Å². The van der Waals surface area contributed by atoms with Gasteiger partial charge in [0, 0.05) is 6.20 Å². The van der Waals surface area contributed by atoms with Crippen LogP contribution in [0.5, 0.6) is 0 Å². The standard InChI is InChI=1S/C9H7F4NO2/c1-16-8(15)3-5-2-7(10)14-4-6(5)9(11,12)13/h2,4H,3H2,1H3. The molecule has 0 radical (unpaired) electrons. The molecular formula is C9H7F4NO2. The molecule has 0 aliphatic carbocycles. The monoisotopic (exact) mass is 237 g/mol. The Morgan fingerprint density at radius 1 is 1.50 bits per heavy atom. The molecule has 16 heavy (non-hydrogen) atoms. The molecule has 7 heteroatoms. The summed E-state index contributed by atoms with van der Waals surface area (Å²) in [5, 5.41) is 0. The molecule has 0 saturated heterocycles. The van der Waals surface area contributed by atoms with E-state index >= 15 is 0 Å². The molecule has 0 amide bonds. The summed E-state index contributed by atoms with van der Waals surface area (Å²) in [5.74, 6) is -1.96. The number of alkyl halides is 3. The Morgan fingerprint density at radius 3 is 2.62 bits per heavy atom. The molecule has 0 aliphatic rings. The predicted octanol–water partition coefficient (Wildman–Crippen LogP) is 1.95. The SMILES string of the molecule is COC(=O)Cc1cc(F)ncc1C(F)(F)F. The van der Waals surface area contributed by atoms with E-state index < -0.39 is 35.6 Å². The van der Waals surface area contributed by atoms with Gasteiger partial charge in [0.05, 0.1) is 19.1 Å². The van der Waals surface area contributed by atoms with Crippen molar-refractivity contribution in [2.24, 2.45) is 0 Å². The summed E-state index contributed by atoms with van der Waals surface area (Å²) in [6.45, 7) is 0. The summed E-state index contributed by atoms with van der Waals surface area (Å²) >= 11 is 0. The Morgan fingerprint density at radius 2 is 2.12 bits per heavy atom. The van der Waals surface area contributed by atoms with Crippen LogP contribution in [0.3, 0.4) is 0 Å². The molecule has 0 spiro atoms. The van der Waals surface area contributed by atoms with Crippen LogP contribution in [-0.2, 0) is 22.1 Å². The molecular weight excluding hydrogens is 230 g/mol. The first-order chi connectivity index (χ1) is 7.34. The van der Waals surface area contributed by atoms with Gasteiger partial charge in [-0.15, -0.1) is 0 Å². The minimum absolute atomic E-state index is 0.355. The number of nitrogens with zero attached hydrogens (tertiary/aromatic N) is 1. The molecule has 0 atom stereocenters. The molecule has 0 N–H and O–H groups in total. The molecule has 88 valence electrons. The van der Waals surface area contributed by atoms with Crippen LogP contribution in [0.15, 0.2) is 12.3 Å². The van der Waals surface area contributed by atoms with Gasteiger partial charge in [0.2, 0.25) is 5.95 Å². The fraction of sp³-hybridized carbons (Fsp3) is 0.333. The number of carbonyl (C=O) groups excluding carboxylic acids is 1. The van der Waals surface area contributed by atoms with Crippen molar-refractivity contribution in [1.29, 1.82) is 0 Å². The summed E-state index contributed by atoms with van der Waals surface area (Å²) in [7, 11) is 1.03. The highest BCUT2D eigenvalue weighted by Gasteiger charge is 2.34. The Balaban J connectivity index is 3.13. The summed E-state index contributed by atoms with van der Waals surface area (Å²) in [6, 6.07) is 0.569. The number of hydrogen-bond acceptors (Lipinski definition) is 3. The molecule has 0 bridgehead atoms. The van der Waals surface area contributed by atoms with E-state index in [-0.39, 0.29) is 0 Å². The summed E-state index contributed by atoms with van der Waals surface area (Å²) in [5.41, 5.74) is -1.63. The van der Waals surface area contributed by atoms with Crippen LogP contribution < -0.4 is 0 Å². The third-order valence-corrected chi connectivity index (χ3v) is 1.82. The van der Waals surface area contributed by atoms with Crippen LogP contribution in [0.4, 0.5) is 17.6 Å².